The summed E-state index contributed by atoms with van der Waals surface area (Å²) in [7, 11) is 0. The zero-order valence-electron chi connectivity index (χ0n) is 15.6. The van der Waals surface area contributed by atoms with Crippen LogP contribution in [0.1, 0.15) is 31.9 Å². The van der Waals surface area contributed by atoms with Gasteiger partial charge in [0.25, 0.3) is 0 Å². The van der Waals surface area contributed by atoms with Gasteiger partial charge in [0, 0.05) is 44.8 Å². The Balaban J connectivity index is 1.69. The third kappa shape index (κ3) is 3.38. The van der Waals surface area contributed by atoms with Gasteiger partial charge in [-0.05, 0) is 18.2 Å². The molecule has 3 aromatic rings. The molecular weight excluding hydrogens is 374 g/mol. The minimum Gasteiger partial charge on any atom is -0.589 e. The first-order valence-electron chi connectivity index (χ1n) is 9.03. The Morgan fingerprint density at radius 1 is 1.25 bits per heavy atom. The Bertz CT molecular complexity index is 1050. The van der Waals surface area contributed by atoms with Crippen LogP contribution in [0, 0.1) is 5.21 Å². The van der Waals surface area contributed by atoms with Crippen molar-refractivity contribution in [2.75, 3.05) is 5.32 Å². The van der Waals surface area contributed by atoms with Gasteiger partial charge in [-0.1, -0.05) is 44.2 Å². The molecular formula is C21H21N3O3S. The van der Waals surface area contributed by atoms with Gasteiger partial charge >= 0.3 is 6.03 Å². The number of carbonyl (C=O) groups excluding carboxylic acids is 1. The highest BCUT2D eigenvalue weighted by Gasteiger charge is 2.45. The first-order valence-corrected chi connectivity index (χ1v) is 9.84. The summed E-state index contributed by atoms with van der Waals surface area (Å²) in [6, 6.07) is 12.6. The number of quaternary nitrogens is 1. The zero-order chi connectivity index (χ0) is 19.9. The lowest BCUT2D eigenvalue weighted by Crippen LogP contribution is -2.52. The second-order valence-electron chi connectivity index (χ2n) is 7.57. The van der Waals surface area contributed by atoms with Crippen molar-refractivity contribution >= 4 is 34.3 Å². The maximum atomic E-state index is 13.2. The number of hydroxylamine groups is 4. The topological polar surface area (TPSA) is 85.3 Å². The van der Waals surface area contributed by atoms with Gasteiger partial charge < -0.3 is 5.21 Å². The normalized spacial score (nSPS) is 20.2. The molecule has 0 radical (unpaired) electrons. The standard InChI is InChI=1S/C21H21N3O3S/c1-21(2)12-18(16-7-3-4-9-19(16)28-21)24(26,27)20(25)23-17-8-5-6-14-13-22-11-10-15(14)17/h3-11,13,18,26H,12H2,1-2H3,(H,23,25). The number of carbonyl (C=O) groups is 1. The summed E-state index contributed by atoms with van der Waals surface area (Å²) in [6.45, 7) is 4.02. The summed E-state index contributed by atoms with van der Waals surface area (Å²) >= 11 is 1.65. The largest absolute Gasteiger partial charge is 0.589 e. The lowest BCUT2D eigenvalue weighted by atomic mass is 9.95. The predicted molar refractivity (Wildman–Crippen MR) is 110 cm³/mol. The molecule has 144 valence electrons. The van der Waals surface area contributed by atoms with Crippen LogP contribution in [-0.2, 0) is 0 Å². The van der Waals surface area contributed by atoms with Crippen LogP contribution in [0.3, 0.4) is 0 Å². The maximum absolute atomic E-state index is 13.2. The fourth-order valence-electron chi connectivity index (χ4n) is 3.64. The summed E-state index contributed by atoms with van der Waals surface area (Å²) < 4.78 is -0.277. The Morgan fingerprint density at radius 3 is 2.86 bits per heavy atom. The number of thioether (sulfide) groups is 1. The van der Waals surface area contributed by atoms with E-state index in [1.807, 2.05) is 38.1 Å². The van der Waals surface area contributed by atoms with E-state index < -0.39 is 16.9 Å². The summed E-state index contributed by atoms with van der Waals surface area (Å²) in [4.78, 5) is 15.9. The number of hydrogen-bond donors (Lipinski definition) is 2. The van der Waals surface area contributed by atoms with Crippen molar-refractivity contribution in [3.63, 3.8) is 0 Å². The predicted octanol–water partition coefficient (Wildman–Crippen LogP) is 5.49. The molecule has 2 heterocycles. The molecule has 2 amide bonds. The number of nitrogens with zero attached hydrogens (tertiary/aromatic N) is 2. The molecule has 28 heavy (non-hydrogen) atoms. The Morgan fingerprint density at radius 2 is 2.04 bits per heavy atom. The average Bonchev–Trinajstić information content (AvgIpc) is 2.67. The van der Waals surface area contributed by atoms with Crippen LogP contribution >= 0.6 is 11.8 Å². The van der Waals surface area contributed by atoms with Crippen LogP contribution in [0.15, 0.2) is 65.8 Å². The molecule has 2 aromatic carbocycles. The molecule has 0 fully saturated rings. The second kappa shape index (κ2) is 6.86. The van der Waals surface area contributed by atoms with E-state index in [1.54, 1.807) is 48.4 Å². The van der Waals surface area contributed by atoms with Crippen molar-refractivity contribution in [2.45, 2.75) is 36.0 Å². The van der Waals surface area contributed by atoms with E-state index >= 15 is 0 Å². The van der Waals surface area contributed by atoms with Gasteiger partial charge in [-0.3, -0.25) is 10.3 Å². The first-order chi connectivity index (χ1) is 13.3. The number of pyridine rings is 1. The van der Waals surface area contributed by atoms with Gasteiger partial charge in [-0.2, -0.15) is 0 Å². The van der Waals surface area contributed by atoms with Gasteiger partial charge in [0.15, 0.2) is 6.04 Å². The van der Waals surface area contributed by atoms with Crippen molar-refractivity contribution in [3.8, 4) is 0 Å². The summed E-state index contributed by atoms with van der Waals surface area (Å²) in [5.74, 6) is 0. The molecule has 1 aromatic heterocycles. The van der Waals surface area contributed by atoms with E-state index in [-0.39, 0.29) is 4.75 Å². The Kier molecular flexibility index (Phi) is 4.63. The van der Waals surface area contributed by atoms with Crippen LogP contribution in [0.25, 0.3) is 10.8 Å². The highest BCUT2D eigenvalue weighted by atomic mass is 32.2. The van der Waals surface area contributed by atoms with Crippen molar-refractivity contribution in [1.29, 1.82) is 0 Å². The zero-order valence-corrected chi connectivity index (χ0v) is 16.4. The van der Waals surface area contributed by atoms with Crippen LogP contribution < -0.4 is 5.32 Å². The Hall–Kier alpha value is -2.45. The van der Waals surface area contributed by atoms with Crippen LogP contribution in [0.5, 0.6) is 0 Å². The van der Waals surface area contributed by atoms with Crippen LogP contribution in [-0.4, -0.2) is 25.8 Å². The van der Waals surface area contributed by atoms with Gasteiger partial charge in [-0.25, -0.2) is 10.0 Å². The molecule has 0 bridgehead atoms. The minimum absolute atomic E-state index is 0.277. The number of benzene rings is 2. The smallest absolute Gasteiger partial charge is 0.454 e. The van der Waals surface area contributed by atoms with Crippen molar-refractivity contribution in [3.05, 3.63) is 71.7 Å². The lowest BCUT2D eigenvalue weighted by Gasteiger charge is -2.44. The lowest BCUT2D eigenvalue weighted by molar-refractivity contribution is -1.02. The number of anilines is 1. The number of nitrogens with one attached hydrogen (secondary N) is 1. The molecule has 2 atom stereocenters. The highest BCUT2D eigenvalue weighted by Crippen LogP contribution is 2.50. The number of amides is 2. The molecule has 1 aliphatic rings. The molecule has 0 spiro atoms. The van der Waals surface area contributed by atoms with Crippen molar-refractivity contribution in [2.24, 2.45) is 0 Å². The molecule has 2 N–H and O–H groups in total. The van der Waals surface area contributed by atoms with Gasteiger partial charge in [0.05, 0.1) is 5.69 Å². The molecule has 4 rings (SSSR count). The monoisotopic (exact) mass is 395 g/mol. The first kappa shape index (κ1) is 18.9. The van der Waals surface area contributed by atoms with E-state index in [0.29, 0.717) is 17.7 Å². The van der Waals surface area contributed by atoms with E-state index in [0.717, 1.165) is 15.7 Å². The van der Waals surface area contributed by atoms with E-state index in [1.165, 1.54) is 0 Å². The number of aromatic nitrogens is 1. The fourth-order valence-corrected chi connectivity index (χ4v) is 4.95. The van der Waals surface area contributed by atoms with Crippen LogP contribution in [0.2, 0.25) is 0 Å². The number of hydrogen-bond acceptors (Lipinski definition) is 5. The SMILES string of the molecule is CC1(C)CC([N+]([O-])(O)C(=O)Nc2cccc3cnccc23)c2ccccc2S1. The van der Waals surface area contributed by atoms with Crippen LogP contribution in [0.4, 0.5) is 10.5 Å². The maximum Gasteiger partial charge on any atom is 0.454 e. The number of rotatable bonds is 2. The van der Waals surface area contributed by atoms with Crippen molar-refractivity contribution in [1.82, 2.24) is 4.98 Å². The van der Waals surface area contributed by atoms with E-state index in [2.05, 4.69) is 10.3 Å². The highest BCUT2D eigenvalue weighted by molar-refractivity contribution is 8.00. The molecule has 7 heteroatoms. The molecule has 0 saturated carbocycles. The molecule has 6 nitrogen and oxygen atoms in total. The molecule has 0 saturated heterocycles. The third-order valence-corrected chi connectivity index (χ3v) is 6.30. The number of urea groups is 1. The molecule has 1 aliphatic heterocycles. The van der Waals surface area contributed by atoms with E-state index in [9.17, 15) is 15.2 Å². The average molecular weight is 395 g/mol. The summed E-state index contributed by atoms with van der Waals surface area (Å²) in [6.07, 6.45) is 3.68. The molecule has 0 aliphatic carbocycles. The Labute approximate surface area is 167 Å². The van der Waals surface area contributed by atoms with Gasteiger partial charge in [0.2, 0.25) is 0 Å². The quantitative estimate of drug-likeness (QED) is 0.341. The minimum atomic E-state index is -2.00. The fraction of sp³-hybridized carbons (Fsp3) is 0.238. The second-order valence-corrected chi connectivity index (χ2v) is 9.32. The third-order valence-electron chi connectivity index (χ3n) is 4.98. The molecule has 2 unspecified atom stereocenters. The number of fused-ring (bicyclic) bond motifs is 2. The van der Waals surface area contributed by atoms with Gasteiger partial charge in [0.1, 0.15) is 0 Å². The summed E-state index contributed by atoms with van der Waals surface area (Å²) in [5, 5.41) is 28.2. The van der Waals surface area contributed by atoms with Crippen molar-refractivity contribution < 1.29 is 14.8 Å². The van der Waals surface area contributed by atoms with E-state index in [4.69, 9.17) is 0 Å². The summed E-state index contributed by atoms with van der Waals surface area (Å²) in [5.41, 5.74) is 1.16. The van der Waals surface area contributed by atoms with Gasteiger partial charge in [-0.15, -0.1) is 16.6 Å².